The zero-order valence-corrected chi connectivity index (χ0v) is 17.9. The van der Waals surface area contributed by atoms with Gasteiger partial charge in [-0.15, -0.1) is 4.36 Å². The SMILES string of the molecule is COC(O)c1ccc2c(c1)S(=O)(=NC(=O)Nc1c3c(cc4c1CCC4)CCC3)NC2=O. The number of urea groups is 1. The van der Waals surface area contributed by atoms with E-state index in [4.69, 9.17) is 4.74 Å². The number of ether oxygens (including phenoxy) is 1. The van der Waals surface area contributed by atoms with E-state index in [0.29, 0.717) is 5.56 Å². The number of carbonyl (C=O) groups excluding carboxylic acids is 2. The molecule has 0 saturated heterocycles. The van der Waals surface area contributed by atoms with Gasteiger partial charge in [0.2, 0.25) is 0 Å². The Labute approximate surface area is 180 Å². The zero-order chi connectivity index (χ0) is 21.8. The highest BCUT2D eigenvalue weighted by Crippen LogP contribution is 2.39. The predicted octanol–water partition coefficient (Wildman–Crippen LogP) is 3.02. The van der Waals surface area contributed by atoms with Crippen LogP contribution in [-0.2, 0) is 40.3 Å². The average Bonchev–Trinajstić information content (AvgIpc) is 3.46. The van der Waals surface area contributed by atoms with E-state index in [1.165, 1.54) is 36.4 Å². The Morgan fingerprint density at radius 2 is 1.84 bits per heavy atom. The van der Waals surface area contributed by atoms with Crippen LogP contribution in [0.25, 0.3) is 0 Å². The van der Waals surface area contributed by atoms with Crippen LogP contribution in [0, 0.1) is 0 Å². The van der Waals surface area contributed by atoms with Crippen LogP contribution in [-0.4, -0.2) is 28.4 Å². The molecule has 31 heavy (non-hydrogen) atoms. The molecule has 9 heteroatoms. The van der Waals surface area contributed by atoms with Crippen LogP contribution in [0.4, 0.5) is 10.5 Å². The Morgan fingerprint density at radius 1 is 1.16 bits per heavy atom. The van der Waals surface area contributed by atoms with Crippen molar-refractivity contribution in [2.45, 2.75) is 49.7 Å². The van der Waals surface area contributed by atoms with E-state index in [0.717, 1.165) is 55.3 Å². The molecular weight excluding hydrogens is 418 g/mol. The van der Waals surface area contributed by atoms with E-state index in [-0.39, 0.29) is 10.5 Å². The van der Waals surface area contributed by atoms with Crippen LogP contribution in [0.15, 0.2) is 33.5 Å². The fourth-order valence-electron chi connectivity index (χ4n) is 4.77. The quantitative estimate of drug-likeness (QED) is 0.633. The predicted molar refractivity (Wildman–Crippen MR) is 114 cm³/mol. The summed E-state index contributed by atoms with van der Waals surface area (Å²) in [4.78, 5) is 25.3. The molecule has 2 aliphatic carbocycles. The Hall–Kier alpha value is -2.75. The number of benzene rings is 2. The van der Waals surface area contributed by atoms with Crippen molar-refractivity contribution >= 4 is 27.5 Å². The average molecular weight is 442 g/mol. The molecule has 0 spiro atoms. The third kappa shape index (κ3) is 3.33. The van der Waals surface area contributed by atoms with Crippen molar-refractivity contribution in [1.29, 1.82) is 0 Å². The van der Waals surface area contributed by atoms with E-state index >= 15 is 0 Å². The molecule has 3 amide bonds. The van der Waals surface area contributed by atoms with Gasteiger partial charge in [-0.2, -0.15) is 0 Å². The van der Waals surface area contributed by atoms with Crippen LogP contribution in [0.3, 0.4) is 0 Å². The third-order valence-corrected chi connectivity index (χ3v) is 8.02. The highest BCUT2D eigenvalue weighted by molar-refractivity contribution is 7.93. The van der Waals surface area contributed by atoms with Gasteiger partial charge in [-0.3, -0.25) is 9.52 Å². The van der Waals surface area contributed by atoms with Gasteiger partial charge < -0.3 is 15.2 Å². The van der Waals surface area contributed by atoms with Gasteiger partial charge >= 0.3 is 6.03 Å². The lowest BCUT2D eigenvalue weighted by Crippen LogP contribution is -2.23. The Morgan fingerprint density at radius 3 is 2.48 bits per heavy atom. The summed E-state index contributed by atoms with van der Waals surface area (Å²) in [5, 5.41) is 12.8. The van der Waals surface area contributed by atoms with Gasteiger partial charge in [0.05, 0.1) is 10.5 Å². The van der Waals surface area contributed by atoms with Crippen molar-refractivity contribution in [1.82, 2.24) is 4.72 Å². The molecule has 0 radical (unpaired) electrons. The first-order chi connectivity index (χ1) is 14.9. The topological polar surface area (TPSA) is 117 Å². The lowest BCUT2D eigenvalue weighted by molar-refractivity contribution is -0.0770. The number of aliphatic hydroxyl groups excluding tert-OH is 1. The van der Waals surface area contributed by atoms with Gasteiger partial charge in [-0.1, -0.05) is 12.1 Å². The first kappa shape index (κ1) is 20.2. The molecular formula is C22H23N3O5S. The van der Waals surface area contributed by atoms with Crippen molar-refractivity contribution in [3.63, 3.8) is 0 Å². The smallest absolute Gasteiger partial charge is 0.355 e. The van der Waals surface area contributed by atoms with Gasteiger partial charge in [0.1, 0.15) is 0 Å². The Balaban J connectivity index is 1.53. The summed E-state index contributed by atoms with van der Waals surface area (Å²) in [5.74, 6) is -0.573. The molecule has 1 heterocycles. The molecule has 0 fully saturated rings. The summed E-state index contributed by atoms with van der Waals surface area (Å²) in [6, 6.07) is 5.84. The molecule has 2 unspecified atom stereocenters. The lowest BCUT2D eigenvalue weighted by atomic mass is 9.99. The number of carbonyl (C=O) groups is 2. The molecule has 3 N–H and O–H groups in total. The number of hydrogen-bond donors (Lipinski definition) is 3. The fraction of sp³-hybridized carbons (Fsp3) is 0.364. The zero-order valence-electron chi connectivity index (χ0n) is 17.1. The fourth-order valence-corrected chi connectivity index (χ4v) is 6.42. The van der Waals surface area contributed by atoms with E-state index in [1.807, 2.05) is 0 Å². The highest BCUT2D eigenvalue weighted by atomic mass is 32.2. The highest BCUT2D eigenvalue weighted by Gasteiger charge is 2.33. The van der Waals surface area contributed by atoms with Crippen molar-refractivity contribution < 1.29 is 23.6 Å². The molecule has 3 aliphatic rings. The molecule has 2 aromatic carbocycles. The summed E-state index contributed by atoms with van der Waals surface area (Å²) in [6.07, 6.45) is 4.62. The first-order valence-corrected chi connectivity index (χ1v) is 11.8. The van der Waals surface area contributed by atoms with Crippen molar-refractivity contribution in [2.24, 2.45) is 4.36 Å². The minimum atomic E-state index is -3.53. The summed E-state index contributed by atoms with van der Waals surface area (Å²) < 4.78 is 24.6. The van der Waals surface area contributed by atoms with Crippen molar-refractivity contribution in [3.8, 4) is 0 Å². The van der Waals surface area contributed by atoms with Gasteiger partial charge in [-0.25, -0.2) is 9.00 Å². The second kappa shape index (κ2) is 7.44. The maximum Gasteiger partial charge on any atom is 0.355 e. The van der Waals surface area contributed by atoms with E-state index in [2.05, 4.69) is 20.5 Å². The number of aliphatic hydroxyl groups is 1. The lowest BCUT2D eigenvalue weighted by Gasteiger charge is -2.15. The van der Waals surface area contributed by atoms with Gasteiger partial charge in [0, 0.05) is 18.4 Å². The maximum atomic E-state index is 13.5. The summed E-state index contributed by atoms with van der Waals surface area (Å²) >= 11 is 0. The largest absolute Gasteiger partial charge is 0.364 e. The molecule has 162 valence electrons. The number of amides is 3. The number of rotatable bonds is 3. The Bertz CT molecular complexity index is 1210. The van der Waals surface area contributed by atoms with Crippen LogP contribution in [0.2, 0.25) is 0 Å². The molecule has 0 bridgehead atoms. The van der Waals surface area contributed by atoms with E-state index < -0.39 is 28.1 Å². The van der Waals surface area contributed by atoms with Crippen molar-refractivity contribution in [2.75, 3.05) is 12.4 Å². The Kier molecular flexibility index (Phi) is 4.84. The monoisotopic (exact) mass is 441 g/mol. The van der Waals surface area contributed by atoms with Crippen LogP contribution in [0.5, 0.6) is 0 Å². The standard InChI is InChI=1S/C22H23N3O5S/c1-30-21(27)14-8-9-17-18(11-14)31(29,24-20(17)26)25-22(28)23-19-15-6-2-4-12(15)10-13-5-3-7-16(13)19/h8-11,21,27H,2-7H2,1H3,(H2,23,24,25,26,28,29). The summed E-state index contributed by atoms with van der Waals surface area (Å²) in [6.45, 7) is 0. The summed E-state index contributed by atoms with van der Waals surface area (Å²) in [7, 11) is -2.20. The van der Waals surface area contributed by atoms with Gasteiger partial charge in [0.15, 0.2) is 16.2 Å². The van der Waals surface area contributed by atoms with Crippen molar-refractivity contribution in [3.05, 3.63) is 57.6 Å². The minimum Gasteiger partial charge on any atom is -0.364 e. The molecule has 2 atom stereocenters. The first-order valence-electron chi connectivity index (χ1n) is 10.3. The number of fused-ring (bicyclic) bond motifs is 3. The minimum absolute atomic E-state index is 0.0739. The number of nitrogens with zero attached hydrogens (tertiary/aromatic N) is 1. The molecule has 0 saturated carbocycles. The second-order valence-corrected chi connectivity index (χ2v) is 9.93. The molecule has 5 rings (SSSR count). The van der Waals surface area contributed by atoms with Gasteiger partial charge in [0.25, 0.3) is 5.91 Å². The normalized spacial score (nSPS) is 21.8. The number of anilines is 1. The molecule has 0 aromatic heterocycles. The third-order valence-electron chi connectivity index (χ3n) is 6.20. The molecule has 1 aliphatic heterocycles. The number of aryl methyl sites for hydroxylation is 2. The van der Waals surface area contributed by atoms with Crippen LogP contribution in [0.1, 0.15) is 57.3 Å². The van der Waals surface area contributed by atoms with Crippen LogP contribution >= 0.6 is 0 Å². The van der Waals surface area contributed by atoms with E-state index in [1.54, 1.807) is 0 Å². The number of methoxy groups -OCH3 is 1. The maximum absolute atomic E-state index is 13.5. The second-order valence-electron chi connectivity index (χ2n) is 8.06. The summed E-state index contributed by atoms with van der Waals surface area (Å²) in [5.41, 5.74) is 6.08. The number of hydrogen-bond acceptors (Lipinski definition) is 5. The molecule has 8 nitrogen and oxygen atoms in total. The van der Waals surface area contributed by atoms with Gasteiger partial charge in [-0.05, 0) is 72.9 Å². The number of nitrogens with one attached hydrogen (secondary N) is 2. The molecule has 2 aromatic rings. The van der Waals surface area contributed by atoms with E-state index in [9.17, 15) is 18.9 Å². The van der Waals surface area contributed by atoms with Crippen LogP contribution < -0.4 is 10.0 Å².